The van der Waals surface area contributed by atoms with Crippen LogP contribution in [-0.4, -0.2) is 29.5 Å². The van der Waals surface area contributed by atoms with Crippen LogP contribution in [0.4, 0.5) is 4.79 Å². The Hall–Kier alpha value is -2.11. The van der Waals surface area contributed by atoms with E-state index in [1.165, 1.54) is 5.01 Å². The molecule has 0 saturated carbocycles. The van der Waals surface area contributed by atoms with Crippen LogP contribution in [0.25, 0.3) is 0 Å². The highest BCUT2D eigenvalue weighted by Crippen LogP contribution is 2.00. The molecule has 15 heavy (non-hydrogen) atoms. The van der Waals surface area contributed by atoms with E-state index in [1.54, 1.807) is 24.8 Å². The van der Waals surface area contributed by atoms with Crippen LogP contribution < -0.4 is 5.43 Å². The molecule has 2 amide bonds. The number of hydrogen-bond acceptors (Lipinski definition) is 4. The van der Waals surface area contributed by atoms with E-state index in [-0.39, 0.29) is 6.03 Å². The second-order valence-corrected chi connectivity index (χ2v) is 3.12. The van der Waals surface area contributed by atoms with Gasteiger partial charge in [0.05, 0.1) is 31.0 Å². The maximum absolute atomic E-state index is 11.3. The van der Waals surface area contributed by atoms with Gasteiger partial charge in [-0.3, -0.25) is 0 Å². The van der Waals surface area contributed by atoms with Crippen molar-refractivity contribution >= 4 is 18.0 Å². The van der Waals surface area contributed by atoms with Crippen molar-refractivity contribution in [3.8, 4) is 0 Å². The first-order valence-corrected chi connectivity index (χ1v) is 4.42. The molecule has 1 aliphatic rings. The Morgan fingerprint density at radius 2 is 2.60 bits per heavy atom. The quantitative estimate of drug-likeness (QED) is 0.733. The van der Waals surface area contributed by atoms with Crippen molar-refractivity contribution in [3.63, 3.8) is 0 Å². The van der Waals surface area contributed by atoms with E-state index in [1.807, 2.05) is 6.92 Å². The second kappa shape index (κ2) is 3.95. The van der Waals surface area contributed by atoms with E-state index in [0.717, 1.165) is 11.3 Å². The molecule has 0 bridgehead atoms. The Balaban J connectivity index is 2.06. The van der Waals surface area contributed by atoms with Gasteiger partial charge in [-0.05, 0) is 13.0 Å². The van der Waals surface area contributed by atoms with Gasteiger partial charge in [-0.2, -0.15) is 10.2 Å². The molecule has 0 spiro atoms. The maximum Gasteiger partial charge on any atom is 0.358 e. The lowest BCUT2D eigenvalue weighted by Crippen LogP contribution is -2.41. The van der Waals surface area contributed by atoms with Gasteiger partial charge in [-0.15, -0.1) is 0 Å². The SMILES string of the molecule is CC1=NNC(=O)N(/N=C/c2ccoc2)C1. The van der Waals surface area contributed by atoms with E-state index < -0.39 is 0 Å². The van der Waals surface area contributed by atoms with Crippen LogP contribution >= 0.6 is 0 Å². The molecule has 2 heterocycles. The van der Waals surface area contributed by atoms with Crippen molar-refractivity contribution in [2.75, 3.05) is 6.54 Å². The summed E-state index contributed by atoms with van der Waals surface area (Å²) in [6, 6.07) is 1.42. The fourth-order valence-corrected chi connectivity index (χ4v) is 1.10. The van der Waals surface area contributed by atoms with Crippen LogP contribution in [0.15, 0.2) is 33.2 Å². The van der Waals surface area contributed by atoms with Crippen molar-refractivity contribution in [3.05, 3.63) is 24.2 Å². The third kappa shape index (κ3) is 2.22. The Kier molecular flexibility index (Phi) is 2.49. The topological polar surface area (TPSA) is 70.2 Å². The van der Waals surface area contributed by atoms with Gasteiger partial charge >= 0.3 is 6.03 Å². The zero-order valence-corrected chi connectivity index (χ0v) is 8.17. The monoisotopic (exact) mass is 206 g/mol. The predicted molar refractivity (Wildman–Crippen MR) is 54.6 cm³/mol. The first-order valence-electron chi connectivity index (χ1n) is 4.42. The Bertz CT molecular complexity index is 408. The molecule has 1 aliphatic heterocycles. The number of nitrogens with zero attached hydrogens (tertiary/aromatic N) is 3. The van der Waals surface area contributed by atoms with Crippen molar-refractivity contribution in [1.29, 1.82) is 0 Å². The van der Waals surface area contributed by atoms with Crippen LogP contribution in [0.5, 0.6) is 0 Å². The van der Waals surface area contributed by atoms with Gasteiger partial charge in [0.1, 0.15) is 0 Å². The summed E-state index contributed by atoms with van der Waals surface area (Å²) < 4.78 is 4.87. The van der Waals surface area contributed by atoms with Crippen LogP contribution in [0, 0.1) is 0 Å². The Morgan fingerprint density at radius 3 is 3.33 bits per heavy atom. The normalized spacial score (nSPS) is 16.7. The minimum Gasteiger partial charge on any atom is -0.472 e. The first kappa shape index (κ1) is 9.45. The highest BCUT2D eigenvalue weighted by Gasteiger charge is 2.16. The summed E-state index contributed by atoms with van der Waals surface area (Å²) >= 11 is 0. The summed E-state index contributed by atoms with van der Waals surface area (Å²) in [6.07, 6.45) is 4.65. The molecular formula is C9H10N4O2. The number of hydrazone groups is 2. The molecule has 0 radical (unpaired) electrons. The third-order valence-corrected chi connectivity index (χ3v) is 1.84. The second-order valence-electron chi connectivity index (χ2n) is 3.12. The highest BCUT2D eigenvalue weighted by molar-refractivity contribution is 5.92. The van der Waals surface area contributed by atoms with E-state index in [2.05, 4.69) is 15.6 Å². The van der Waals surface area contributed by atoms with E-state index in [0.29, 0.717) is 6.54 Å². The largest absolute Gasteiger partial charge is 0.472 e. The maximum atomic E-state index is 11.3. The fourth-order valence-electron chi connectivity index (χ4n) is 1.10. The lowest BCUT2D eigenvalue weighted by atomic mass is 10.4. The van der Waals surface area contributed by atoms with Gasteiger partial charge in [0, 0.05) is 5.56 Å². The molecule has 1 aromatic rings. The Morgan fingerprint density at radius 1 is 1.73 bits per heavy atom. The van der Waals surface area contributed by atoms with Crippen molar-refractivity contribution in [2.24, 2.45) is 10.2 Å². The van der Waals surface area contributed by atoms with Crippen molar-refractivity contribution in [2.45, 2.75) is 6.92 Å². The summed E-state index contributed by atoms with van der Waals surface area (Å²) in [5.41, 5.74) is 3.96. The number of hydrogen-bond donors (Lipinski definition) is 1. The smallest absolute Gasteiger partial charge is 0.358 e. The number of nitrogens with one attached hydrogen (secondary N) is 1. The first-order chi connectivity index (χ1) is 7.25. The van der Waals surface area contributed by atoms with E-state index >= 15 is 0 Å². The Labute approximate surface area is 86.2 Å². The fraction of sp³-hybridized carbons (Fsp3) is 0.222. The molecule has 0 fully saturated rings. The predicted octanol–water partition coefficient (Wildman–Crippen LogP) is 1.01. The van der Waals surface area contributed by atoms with Gasteiger partial charge in [-0.1, -0.05) is 0 Å². The molecule has 0 aromatic carbocycles. The van der Waals surface area contributed by atoms with Crippen LogP contribution in [-0.2, 0) is 0 Å². The molecule has 0 unspecified atom stereocenters. The van der Waals surface area contributed by atoms with Crippen LogP contribution in [0.1, 0.15) is 12.5 Å². The van der Waals surface area contributed by atoms with Gasteiger partial charge in [0.15, 0.2) is 0 Å². The lowest BCUT2D eigenvalue weighted by molar-refractivity contribution is 0.204. The number of urea groups is 1. The van der Waals surface area contributed by atoms with E-state index in [9.17, 15) is 4.79 Å². The van der Waals surface area contributed by atoms with Crippen molar-refractivity contribution < 1.29 is 9.21 Å². The molecule has 2 rings (SSSR count). The third-order valence-electron chi connectivity index (χ3n) is 1.84. The molecule has 1 aromatic heterocycles. The van der Waals surface area contributed by atoms with Gasteiger partial charge in [0.25, 0.3) is 0 Å². The zero-order valence-electron chi connectivity index (χ0n) is 8.17. The molecule has 1 N–H and O–H groups in total. The molecule has 0 saturated heterocycles. The standard InChI is InChI=1S/C9H10N4O2/c1-7-5-13(9(14)12-11-7)10-4-8-2-3-15-6-8/h2-4,6H,5H2,1H3,(H,12,14)/b10-4+. The number of amides is 2. The van der Waals surface area contributed by atoms with Crippen LogP contribution in [0.2, 0.25) is 0 Å². The van der Waals surface area contributed by atoms with E-state index in [4.69, 9.17) is 4.42 Å². The molecule has 6 nitrogen and oxygen atoms in total. The summed E-state index contributed by atoms with van der Waals surface area (Å²) in [7, 11) is 0. The molecule has 0 atom stereocenters. The summed E-state index contributed by atoms with van der Waals surface area (Å²) in [6.45, 7) is 2.22. The van der Waals surface area contributed by atoms with Gasteiger partial charge in [0.2, 0.25) is 0 Å². The summed E-state index contributed by atoms with van der Waals surface area (Å²) in [5, 5.41) is 9.10. The number of furan rings is 1. The zero-order chi connectivity index (χ0) is 10.7. The molecule has 6 heteroatoms. The minimum absolute atomic E-state index is 0.333. The summed E-state index contributed by atoms with van der Waals surface area (Å²) in [5.74, 6) is 0. The molecule has 78 valence electrons. The number of rotatable bonds is 2. The van der Waals surface area contributed by atoms with Crippen molar-refractivity contribution in [1.82, 2.24) is 10.4 Å². The summed E-state index contributed by atoms with van der Waals surface area (Å²) in [4.78, 5) is 11.3. The highest BCUT2D eigenvalue weighted by atomic mass is 16.3. The number of carbonyl (C=O) groups is 1. The molecule has 0 aliphatic carbocycles. The van der Waals surface area contributed by atoms with Gasteiger partial charge < -0.3 is 4.42 Å². The van der Waals surface area contributed by atoms with Gasteiger partial charge in [-0.25, -0.2) is 15.2 Å². The minimum atomic E-state index is -0.333. The number of carbonyl (C=O) groups excluding carboxylic acids is 1. The van der Waals surface area contributed by atoms with Crippen LogP contribution in [0.3, 0.4) is 0 Å². The lowest BCUT2D eigenvalue weighted by Gasteiger charge is -2.19. The average Bonchev–Trinajstić information content (AvgIpc) is 2.72. The molecular weight excluding hydrogens is 196 g/mol. The average molecular weight is 206 g/mol.